The van der Waals surface area contributed by atoms with Gasteiger partial charge in [-0.2, -0.15) is 0 Å². The number of hydrogen-bond acceptors (Lipinski definition) is 3. The van der Waals surface area contributed by atoms with Crippen LogP contribution in [0.2, 0.25) is 10.0 Å². The SMILES string of the molecule is C=C(O)c1c(N(C)CC)nc2c(F)cc(Cl)cc2c1Cc1ccccc1Cl. The largest absolute Gasteiger partial charge is 0.508 e. The maximum absolute atomic E-state index is 14.6. The Kier molecular flexibility index (Phi) is 5.59. The lowest BCUT2D eigenvalue weighted by atomic mass is 9.94. The van der Waals surface area contributed by atoms with Crippen molar-refractivity contribution in [3.05, 3.63) is 75.5 Å². The van der Waals surface area contributed by atoms with E-state index in [1.165, 1.54) is 6.07 Å². The van der Waals surface area contributed by atoms with Gasteiger partial charge in [-0.3, -0.25) is 0 Å². The van der Waals surface area contributed by atoms with Crippen LogP contribution in [0.4, 0.5) is 10.2 Å². The average Bonchev–Trinajstić information content (AvgIpc) is 2.62. The van der Waals surface area contributed by atoms with Crippen LogP contribution in [0.3, 0.4) is 0 Å². The van der Waals surface area contributed by atoms with Gasteiger partial charge in [0.15, 0.2) is 5.82 Å². The highest BCUT2D eigenvalue weighted by Crippen LogP contribution is 2.36. The van der Waals surface area contributed by atoms with Gasteiger partial charge in [-0.1, -0.05) is 48.0 Å². The Morgan fingerprint density at radius 2 is 1.96 bits per heavy atom. The molecule has 0 radical (unpaired) electrons. The van der Waals surface area contributed by atoms with Crippen LogP contribution in [0.5, 0.6) is 0 Å². The van der Waals surface area contributed by atoms with Gasteiger partial charge in [0.05, 0.1) is 5.56 Å². The highest BCUT2D eigenvalue weighted by molar-refractivity contribution is 6.31. The summed E-state index contributed by atoms with van der Waals surface area (Å²) < 4.78 is 14.6. The van der Waals surface area contributed by atoms with Crippen LogP contribution >= 0.6 is 23.2 Å². The second-order valence-electron chi connectivity index (χ2n) is 6.30. The fraction of sp³-hybridized carbons (Fsp3) is 0.190. The van der Waals surface area contributed by atoms with E-state index in [1.807, 2.05) is 37.1 Å². The molecule has 1 N–H and O–H groups in total. The normalized spacial score (nSPS) is 11.0. The molecule has 0 atom stereocenters. The molecule has 0 aliphatic heterocycles. The number of anilines is 1. The molecule has 2 aromatic carbocycles. The number of aromatic nitrogens is 1. The van der Waals surface area contributed by atoms with Gasteiger partial charge in [0.25, 0.3) is 0 Å². The third-order valence-electron chi connectivity index (χ3n) is 4.55. The molecule has 1 heterocycles. The zero-order valence-corrected chi connectivity index (χ0v) is 16.6. The first-order valence-electron chi connectivity index (χ1n) is 8.47. The molecule has 6 heteroatoms. The van der Waals surface area contributed by atoms with Crippen LogP contribution in [0.1, 0.15) is 23.6 Å². The Balaban J connectivity index is 2.41. The summed E-state index contributed by atoms with van der Waals surface area (Å²) in [4.78, 5) is 6.30. The molecule has 3 aromatic rings. The minimum absolute atomic E-state index is 0.137. The molecule has 0 fully saturated rings. The zero-order chi connectivity index (χ0) is 19.7. The number of aliphatic hydroxyl groups excluding tert-OH is 1. The maximum atomic E-state index is 14.6. The van der Waals surface area contributed by atoms with Crippen molar-refractivity contribution in [1.29, 1.82) is 0 Å². The van der Waals surface area contributed by atoms with Crippen LogP contribution in [-0.2, 0) is 6.42 Å². The first-order chi connectivity index (χ1) is 12.8. The Morgan fingerprint density at radius 3 is 2.59 bits per heavy atom. The topological polar surface area (TPSA) is 36.4 Å². The Morgan fingerprint density at radius 1 is 1.26 bits per heavy atom. The van der Waals surface area contributed by atoms with Crippen LogP contribution in [0.25, 0.3) is 16.7 Å². The molecule has 0 unspecified atom stereocenters. The number of nitrogens with zero attached hydrogens (tertiary/aromatic N) is 2. The number of benzene rings is 2. The van der Waals surface area contributed by atoms with E-state index in [1.54, 1.807) is 12.1 Å². The van der Waals surface area contributed by atoms with Gasteiger partial charge in [-0.15, -0.1) is 0 Å². The highest BCUT2D eigenvalue weighted by atomic mass is 35.5. The average molecular weight is 405 g/mol. The van der Waals surface area contributed by atoms with E-state index in [0.717, 1.165) is 5.56 Å². The van der Waals surface area contributed by atoms with Gasteiger partial charge >= 0.3 is 0 Å². The Bertz CT molecular complexity index is 1040. The van der Waals surface area contributed by atoms with E-state index in [4.69, 9.17) is 23.2 Å². The van der Waals surface area contributed by atoms with Crippen molar-refractivity contribution >= 4 is 45.7 Å². The molecular weight excluding hydrogens is 386 g/mol. The summed E-state index contributed by atoms with van der Waals surface area (Å²) in [6.45, 7) is 6.28. The van der Waals surface area contributed by atoms with Crippen LogP contribution in [-0.4, -0.2) is 23.7 Å². The lowest BCUT2D eigenvalue weighted by Gasteiger charge is -2.23. The minimum atomic E-state index is -0.515. The smallest absolute Gasteiger partial charge is 0.150 e. The first kappa shape index (κ1) is 19.5. The van der Waals surface area contributed by atoms with E-state index in [2.05, 4.69) is 11.6 Å². The fourth-order valence-corrected chi connectivity index (χ4v) is 3.49. The molecule has 0 saturated carbocycles. The highest BCUT2D eigenvalue weighted by Gasteiger charge is 2.22. The van der Waals surface area contributed by atoms with Crippen molar-refractivity contribution in [3.8, 4) is 0 Å². The molecule has 0 bridgehead atoms. The number of rotatable bonds is 5. The standard InChI is InChI=1S/C21H19Cl2FN2O/c1-4-26(3)21-19(12(2)27)15(9-13-7-5-6-8-17(13)23)16-10-14(22)11-18(24)20(16)25-21/h5-8,10-11,27H,2,4,9H2,1,3H3. The van der Waals surface area contributed by atoms with Gasteiger partial charge in [-0.25, -0.2) is 9.37 Å². The number of fused-ring (bicyclic) bond motifs is 1. The predicted octanol–water partition coefficient (Wildman–Crippen LogP) is 6.26. The summed E-state index contributed by atoms with van der Waals surface area (Å²) in [6, 6.07) is 10.3. The van der Waals surface area contributed by atoms with Gasteiger partial charge in [0.1, 0.15) is 17.1 Å². The lowest BCUT2D eigenvalue weighted by molar-refractivity contribution is 0.512. The number of aliphatic hydroxyl groups is 1. The molecule has 0 amide bonds. The second kappa shape index (κ2) is 7.75. The Hall–Kier alpha value is -2.30. The summed E-state index contributed by atoms with van der Waals surface area (Å²) in [5, 5.41) is 11.7. The third-order valence-corrected chi connectivity index (χ3v) is 5.13. The fourth-order valence-electron chi connectivity index (χ4n) is 3.09. The summed E-state index contributed by atoms with van der Waals surface area (Å²) in [5.41, 5.74) is 2.19. The predicted molar refractivity (Wildman–Crippen MR) is 112 cm³/mol. The van der Waals surface area contributed by atoms with Gasteiger partial charge in [0.2, 0.25) is 0 Å². The van der Waals surface area contributed by atoms with Crippen molar-refractivity contribution in [2.45, 2.75) is 13.3 Å². The van der Waals surface area contributed by atoms with Gasteiger partial charge < -0.3 is 10.0 Å². The zero-order valence-electron chi connectivity index (χ0n) is 15.1. The molecule has 3 rings (SSSR count). The second-order valence-corrected chi connectivity index (χ2v) is 7.15. The van der Waals surface area contributed by atoms with Crippen molar-refractivity contribution in [3.63, 3.8) is 0 Å². The van der Waals surface area contributed by atoms with Gasteiger partial charge in [0, 0.05) is 35.4 Å². The quantitative estimate of drug-likeness (QED) is 0.510. The van der Waals surface area contributed by atoms with E-state index in [0.29, 0.717) is 40.3 Å². The van der Waals surface area contributed by atoms with Crippen molar-refractivity contribution in [1.82, 2.24) is 4.98 Å². The number of hydrogen-bond donors (Lipinski definition) is 1. The third kappa shape index (κ3) is 3.73. The molecule has 140 valence electrons. The maximum Gasteiger partial charge on any atom is 0.150 e. The number of pyridine rings is 1. The van der Waals surface area contributed by atoms with E-state index >= 15 is 0 Å². The summed E-state index contributed by atoms with van der Waals surface area (Å²) in [5.74, 6) is -0.193. The van der Waals surface area contributed by atoms with Crippen LogP contribution in [0, 0.1) is 5.82 Å². The molecular formula is C21H19Cl2FN2O. The lowest BCUT2D eigenvalue weighted by Crippen LogP contribution is -2.20. The van der Waals surface area contributed by atoms with Crippen LogP contribution in [0.15, 0.2) is 43.0 Å². The van der Waals surface area contributed by atoms with E-state index in [9.17, 15) is 9.50 Å². The summed E-state index contributed by atoms with van der Waals surface area (Å²) in [6.07, 6.45) is 0.373. The molecule has 0 spiro atoms. The summed E-state index contributed by atoms with van der Waals surface area (Å²) >= 11 is 12.4. The van der Waals surface area contributed by atoms with Crippen molar-refractivity contribution in [2.75, 3.05) is 18.5 Å². The monoisotopic (exact) mass is 404 g/mol. The molecule has 3 nitrogen and oxygen atoms in total. The number of halogens is 3. The summed E-state index contributed by atoms with van der Waals surface area (Å²) in [7, 11) is 1.83. The molecule has 0 aliphatic carbocycles. The van der Waals surface area contributed by atoms with E-state index in [-0.39, 0.29) is 16.3 Å². The molecule has 27 heavy (non-hydrogen) atoms. The minimum Gasteiger partial charge on any atom is -0.508 e. The van der Waals surface area contributed by atoms with Gasteiger partial charge in [-0.05, 0) is 36.2 Å². The van der Waals surface area contributed by atoms with Crippen molar-refractivity contribution < 1.29 is 9.50 Å². The molecule has 1 aromatic heterocycles. The molecule has 0 saturated heterocycles. The van der Waals surface area contributed by atoms with E-state index < -0.39 is 5.82 Å². The van der Waals surface area contributed by atoms with Crippen LogP contribution < -0.4 is 4.90 Å². The molecule has 0 aliphatic rings. The Labute approximate surface area is 167 Å². The van der Waals surface area contributed by atoms with Crippen molar-refractivity contribution in [2.24, 2.45) is 0 Å². The first-order valence-corrected chi connectivity index (χ1v) is 9.23.